The molecule has 0 spiro atoms. The van der Waals surface area contributed by atoms with Crippen LogP contribution in [0.2, 0.25) is 0 Å². The second-order valence-corrected chi connectivity index (χ2v) is 6.24. The predicted octanol–water partition coefficient (Wildman–Crippen LogP) is 8.06. The Kier molecular flexibility index (Phi) is 15.5. The lowest BCUT2D eigenvalue weighted by Crippen LogP contribution is -1.84. The SMILES string of the molecule is C.C=C(C)C.C=Cc1ccc(C)cc1.CCCc1ccc(CC)cc1. The number of hydrogen-bond acceptors (Lipinski definition) is 0. The summed E-state index contributed by atoms with van der Waals surface area (Å²) in [5, 5.41) is 0. The van der Waals surface area contributed by atoms with Crippen molar-refractivity contribution in [3.8, 4) is 0 Å². The smallest absolute Gasteiger partial charge is 0.0262 e. The first-order valence-corrected chi connectivity index (χ1v) is 8.81. The molecule has 0 saturated heterocycles. The van der Waals surface area contributed by atoms with Gasteiger partial charge in [0.25, 0.3) is 0 Å². The summed E-state index contributed by atoms with van der Waals surface area (Å²) >= 11 is 0. The molecule has 0 nitrogen and oxygen atoms in total. The van der Waals surface area contributed by atoms with E-state index in [-0.39, 0.29) is 7.43 Å². The Morgan fingerprint density at radius 2 is 1.32 bits per heavy atom. The first-order valence-electron chi connectivity index (χ1n) is 8.81. The van der Waals surface area contributed by atoms with Gasteiger partial charge in [-0.1, -0.05) is 100 Å². The number of rotatable bonds is 4. The van der Waals surface area contributed by atoms with E-state index in [1.54, 1.807) is 0 Å². The van der Waals surface area contributed by atoms with Crippen LogP contribution in [-0.2, 0) is 12.8 Å². The van der Waals surface area contributed by atoms with E-state index in [1.807, 2.05) is 19.9 Å². The van der Waals surface area contributed by atoms with Gasteiger partial charge in [-0.05, 0) is 50.3 Å². The van der Waals surface area contributed by atoms with Crippen LogP contribution in [-0.4, -0.2) is 0 Å². The molecule has 0 bridgehead atoms. The molecule has 0 heteroatoms. The maximum absolute atomic E-state index is 3.66. The summed E-state index contributed by atoms with van der Waals surface area (Å²) in [5.74, 6) is 0. The Hall–Kier alpha value is -2.08. The van der Waals surface area contributed by atoms with E-state index in [0.29, 0.717) is 0 Å². The Balaban J connectivity index is 0. The van der Waals surface area contributed by atoms with Gasteiger partial charge in [-0.2, -0.15) is 0 Å². The second-order valence-electron chi connectivity index (χ2n) is 6.24. The Labute approximate surface area is 157 Å². The maximum Gasteiger partial charge on any atom is -0.0262 e. The lowest BCUT2D eigenvalue weighted by atomic mass is 10.1. The van der Waals surface area contributed by atoms with Crippen LogP contribution in [0.25, 0.3) is 6.08 Å². The fourth-order valence-electron chi connectivity index (χ4n) is 1.93. The largest absolute Gasteiger partial charge is 0.100 e. The van der Waals surface area contributed by atoms with Crippen molar-refractivity contribution < 1.29 is 0 Å². The fourth-order valence-corrected chi connectivity index (χ4v) is 1.93. The normalized spacial score (nSPS) is 8.68. The first-order chi connectivity index (χ1) is 11.4. The second kappa shape index (κ2) is 15.4. The minimum Gasteiger partial charge on any atom is -0.100 e. The van der Waals surface area contributed by atoms with E-state index in [9.17, 15) is 0 Å². The van der Waals surface area contributed by atoms with Crippen molar-refractivity contribution in [3.63, 3.8) is 0 Å². The molecule has 0 N–H and O–H groups in total. The molecule has 0 aliphatic rings. The molecule has 0 fully saturated rings. The molecule has 0 heterocycles. The molecule has 0 aliphatic carbocycles. The molecule has 0 amide bonds. The zero-order chi connectivity index (χ0) is 18.4. The van der Waals surface area contributed by atoms with Crippen LogP contribution in [0.5, 0.6) is 0 Å². The Morgan fingerprint density at radius 1 is 0.880 bits per heavy atom. The Morgan fingerprint density at radius 3 is 1.68 bits per heavy atom. The van der Waals surface area contributed by atoms with Gasteiger partial charge >= 0.3 is 0 Å². The molecule has 0 atom stereocenters. The minimum absolute atomic E-state index is 0. The zero-order valence-electron chi connectivity index (χ0n) is 16.2. The van der Waals surface area contributed by atoms with Crippen LogP contribution in [0.4, 0.5) is 0 Å². The highest BCUT2D eigenvalue weighted by atomic mass is 14.0. The van der Waals surface area contributed by atoms with Crippen molar-refractivity contribution in [1.82, 2.24) is 0 Å². The topological polar surface area (TPSA) is 0 Å². The quantitative estimate of drug-likeness (QED) is 0.494. The molecule has 2 aromatic rings. The lowest BCUT2D eigenvalue weighted by Gasteiger charge is -1.99. The van der Waals surface area contributed by atoms with Gasteiger partial charge in [0.1, 0.15) is 0 Å². The van der Waals surface area contributed by atoms with Gasteiger partial charge in [-0.15, -0.1) is 6.58 Å². The maximum atomic E-state index is 3.66. The highest BCUT2D eigenvalue weighted by Gasteiger charge is 1.90. The zero-order valence-corrected chi connectivity index (χ0v) is 16.2. The van der Waals surface area contributed by atoms with Gasteiger partial charge in [-0.25, -0.2) is 0 Å². The third-order valence-corrected chi connectivity index (χ3v) is 3.28. The molecule has 0 saturated carbocycles. The predicted molar refractivity (Wildman–Crippen MR) is 118 cm³/mol. The van der Waals surface area contributed by atoms with E-state index < -0.39 is 0 Å². The molecule has 0 aromatic heterocycles. The molecule has 2 aromatic carbocycles. The lowest BCUT2D eigenvalue weighted by molar-refractivity contribution is 0.920. The highest BCUT2D eigenvalue weighted by molar-refractivity contribution is 5.46. The number of benzene rings is 2. The molecule has 0 radical (unpaired) electrons. The van der Waals surface area contributed by atoms with E-state index in [1.165, 1.54) is 40.7 Å². The van der Waals surface area contributed by atoms with E-state index in [4.69, 9.17) is 0 Å². The number of allylic oxidation sites excluding steroid dienone is 1. The van der Waals surface area contributed by atoms with Gasteiger partial charge in [-0.3, -0.25) is 0 Å². The van der Waals surface area contributed by atoms with E-state index in [0.717, 1.165) is 6.42 Å². The standard InChI is InChI=1S/C11H16.C9H10.C4H8.CH4/c1-3-5-11-8-6-10(4-2)7-9-11;1-3-9-6-4-8(2)5-7-9;1-4(2)3;/h6-9H,3-5H2,1-2H3;3-7H,1H2,2H3;1H2,2-3H3;1H4. The van der Waals surface area contributed by atoms with Crippen molar-refractivity contribution in [2.75, 3.05) is 0 Å². The van der Waals surface area contributed by atoms with Crippen LogP contribution in [0.3, 0.4) is 0 Å². The van der Waals surface area contributed by atoms with Crippen LogP contribution in [0, 0.1) is 6.92 Å². The van der Waals surface area contributed by atoms with Gasteiger partial charge < -0.3 is 0 Å². The average molecular weight is 339 g/mol. The van der Waals surface area contributed by atoms with Gasteiger partial charge in [0.2, 0.25) is 0 Å². The summed E-state index contributed by atoms with van der Waals surface area (Å²) in [6.07, 6.45) is 5.45. The van der Waals surface area contributed by atoms with Gasteiger partial charge in [0, 0.05) is 0 Å². The third kappa shape index (κ3) is 14.0. The highest BCUT2D eigenvalue weighted by Crippen LogP contribution is 2.06. The summed E-state index contributed by atoms with van der Waals surface area (Å²) < 4.78 is 0. The van der Waals surface area contributed by atoms with Gasteiger partial charge in [0.05, 0.1) is 0 Å². The van der Waals surface area contributed by atoms with Crippen molar-refractivity contribution in [2.45, 2.75) is 61.3 Å². The van der Waals surface area contributed by atoms with E-state index in [2.05, 4.69) is 82.5 Å². The van der Waals surface area contributed by atoms with Crippen LogP contribution < -0.4 is 0 Å². The number of aryl methyl sites for hydroxylation is 3. The summed E-state index contributed by atoms with van der Waals surface area (Å²) in [5.41, 5.74) is 6.54. The van der Waals surface area contributed by atoms with Crippen molar-refractivity contribution >= 4 is 6.08 Å². The minimum atomic E-state index is 0. The summed E-state index contributed by atoms with van der Waals surface area (Å²) in [4.78, 5) is 0. The monoisotopic (exact) mass is 338 g/mol. The summed E-state index contributed by atoms with van der Waals surface area (Å²) in [7, 11) is 0. The van der Waals surface area contributed by atoms with Crippen LogP contribution >= 0.6 is 0 Å². The van der Waals surface area contributed by atoms with Crippen molar-refractivity contribution in [3.05, 3.63) is 89.5 Å². The Bertz CT molecular complexity index is 566. The summed E-state index contributed by atoms with van der Waals surface area (Å²) in [6, 6.07) is 17.2. The van der Waals surface area contributed by atoms with Gasteiger partial charge in [0.15, 0.2) is 0 Å². The molecule has 138 valence electrons. The molecular weight excluding hydrogens is 300 g/mol. The van der Waals surface area contributed by atoms with Crippen molar-refractivity contribution in [1.29, 1.82) is 0 Å². The number of hydrogen-bond donors (Lipinski definition) is 0. The molecule has 2 rings (SSSR count). The first kappa shape index (κ1) is 25.2. The fraction of sp³-hybridized carbons (Fsp3) is 0.360. The molecule has 0 aliphatic heterocycles. The van der Waals surface area contributed by atoms with Crippen LogP contribution in [0.1, 0.15) is 63.8 Å². The third-order valence-electron chi connectivity index (χ3n) is 3.28. The van der Waals surface area contributed by atoms with E-state index >= 15 is 0 Å². The molecule has 25 heavy (non-hydrogen) atoms. The summed E-state index contributed by atoms with van der Waals surface area (Å²) in [6.45, 7) is 17.6. The van der Waals surface area contributed by atoms with Crippen LogP contribution in [0.15, 0.2) is 67.3 Å². The average Bonchev–Trinajstić information content (AvgIpc) is 2.57. The van der Waals surface area contributed by atoms with Crippen molar-refractivity contribution in [2.24, 2.45) is 0 Å². The molecular formula is C25H38. The molecule has 0 unspecified atom stereocenters.